The lowest BCUT2D eigenvalue weighted by Gasteiger charge is -2.27. The first-order chi connectivity index (χ1) is 11.7. The van der Waals surface area contributed by atoms with Gasteiger partial charge in [0.05, 0.1) is 13.2 Å². The number of ether oxygens (including phenoxy) is 1. The molecule has 1 aromatic carbocycles. The first-order valence-corrected chi connectivity index (χ1v) is 9.00. The van der Waals surface area contributed by atoms with E-state index in [9.17, 15) is 0 Å². The van der Waals surface area contributed by atoms with Gasteiger partial charge in [0.25, 0.3) is 0 Å². The maximum Gasteiger partial charge on any atom is 0.191 e. The van der Waals surface area contributed by atoms with Crippen molar-refractivity contribution in [2.75, 3.05) is 39.9 Å². The molecule has 134 valence electrons. The van der Waals surface area contributed by atoms with E-state index in [4.69, 9.17) is 4.74 Å². The van der Waals surface area contributed by atoms with Crippen molar-refractivity contribution in [3.63, 3.8) is 0 Å². The molecule has 0 aromatic heterocycles. The van der Waals surface area contributed by atoms with Crippen molar-refractivity contribution < 1.29 is 4.74 Å². The molecule has 0 amide bonds. The van der Waals surface area contributed by atoms with E-state index in [1.807, 2.05) is 7.05 Å². The van der Waals surface area contributed by atoms with Crippen LogP contribution in [0.5, 0.6) is 0 Å². The highest BCUT2D eigenvalue weighted by Gasteiger charge is 2.12. The third-order valence-electron chi connectivity index (χ3n) is 4.30. The van der Waals surface area contributed by atoms with Crippen LogP contribution in [0.2, 0.25) is 0 Å². The summed E-state index contributed by atoms with van der Waals surface area (Å²) in [5.74, 6) is 1.57. The molecule has 0 atom stereocenters. The lowest BCUT2D eigenvalue weighted by atomic mass is 10.1. The number of nitrogens with one attached hydrogen (secondary N) is 2. The summed E-state index contributed by atoms with van der Waals surface area (Å²) in [6, 6.07) is 8.65. The Bertz CT molecular complexity index is 510. The Morgan fingerprint density at radius 1 is 1.17 bits per heavy atom. The van der Waals surface area contributed by atoms with Crippen LogP contribution in [0.15, 0.2) is 29.3 Å². The third-order valence-corrected chi connectivity index (χ3v) is 4.30. The molecule has 0 bridgehead atoms. The standard InChI is InChI=1S/C19H32N4O/c1-16(2)8-9-21-19(20-3)22-14-17-6-4-5-7-18(17)15-23-10-12-24-13-11-23/h4-7,16H,8-15H2,1-3H3,(H2,20,21,22). The molecule has 24 heavy (non-hydrogen) atoms. The van der Waals surface area contributed by atoms with E-state index in [0.717, 1.165) is 58.3 Å². The highest BCUT2D eigenvalue weighted by atomic mass is 16.5. The molecule has 1 aromatic rings. The van der Waals surface area contributed by atoms with Gasteiger partial charge in [0.15, 0.2) is 5.96 Å². The quantitative estimate of drug-likeness (QED) is 0.594. The summed E-state index contributed by atoms with van der Waals surface area (Å²) in [7, 11) is 1.82. The second-order valence-electron chi connectivity index (χ2n) is 6.69. The zero-order valence-corrected chi connectivity index (χ0v) is 15.3. The van der Waals surface area contributed by atoms with Gasteiger partial charge in [-0.05, 0) is 23.5 Å². The van der Waals surface area contributed by atoms with Crippen LogP contribution in [0, 0.1) is 5.92 Å². The molecule has 0 radical (unpaired) electrons. The van der Waals surface area contributed by atoms with E-state index in [2.05, 4.69) is 58.6 Å². The molecular weight excluding hydrogens is 300 g/mol. The first-order valence-electron chi connectivity index (χ1n) is 9.00. The van der Waals surface area contributed by atoms with Gasteiger partial charge in [0, 0.05) is 39.8 Å². The van der Waals surface area contributed by atoms with Crippen molar-refractivity contribution in [3.8, 4) is 0 Å². The first kappa shape index (κ1) is 18.7. The van der Waals surface area contributed by atoms with Gasteiger partial charge in [0.1, 0.15) is 0 Å². The Labute approximate surface area is 146 Å². The van der Waals surface area contributed by atoms with Gasteiger partial charge in [-0.15, -0.1) is 0 Å². The van der Waals surface area contributed by atoms with Gasteiger partial charge < -0.3 is 15.4 Å². The number of hydrogen-bond acceptors (Lipinski definition) is 3. The molecule has 1 fully saturated rings. The van der Waals surface area contributed by atoms with Crippen LogP contribution in [0.25, 0.3) is 0 Å². The molecule has 0 spiro atoms. The monoisotopic (exact) mass is 332 g/mol. The summed E-state index contributed by atoms with van der Waals surface area (Å²) in [6.45, 7) is 10.9. The fourth-order valence-electron chi connectivity index (χ4n) is 2.76. The minimum atomic E-state index is 0.699. The predicted octanol–water partition coefficient (Wildman–Crippen LogP) is 2.23. The van der Waals surface area contributed by atoms with Crippen molar-refractivity contribution in [3.05, 3.63) is 35.4 Å². The fourth-order valence-corrected chi connectivity index (χ4v) is 2.76. The molecule has 0 saturated carbocycles. The van der Waals surface area contributed by atoms with Crippen LogP contribution < -0.4 is 10.6 Å². The van der Waals surface area contributed by atoms with E-state index in [1.54, 1.807) is 0 Å². The Hall–Kier alpha value is -1.59. The average molecular weight is 332 g/mol. The number of guanidine groups is 1. The predicted molar refractivity (Wildman–Crippen MR) is 100 cm³/mol. The zero-order chi connectivity index (χ0) is 17.2. The molecule has 1 aliphatic heterocycles. The minimum Gasteiger partial charge on any atom is -0.379 e. The molecule has 0 aliphatic carbocycles. The number of hydrogen-bond donors (Lipinski definition) is 2. The summed E-state index contributed by atoms with van der Waals surface area (Å²) in [6.07, 6.45) is 1.15. The molecule has 0 unspecified atom stereocenters. The lowest BCUT2D eigenvalue weighted by molar-refractivity contribution is 0.0341. The molecule has 2 rings (SSSR count). The van der Waals surface area contributed by atoms with E-state index in [0.29, 0.717) is 5.92 Å². The van der Waals surface area contributed by atoms with Crippen molar-refractivity contribution in [1.29, 1.82) is 0 Å². The number of morpholine rings is 1. The van der Waals surface area contributed by atoms with Crippen LogP contribution in [-0.2, 0) is 17.8 Å². The molecule has 1 saturated heterocycles. The zero-order valence-electron chi connectivity index (χ0n) is 15.3. The largest absolute Gasteiger partial charge is 0.379 e. The number of rotatable bonds is 7. The van der Waals surface area contributed by atoms with Crippen LogP contribution in [-0.4, -0.2) is 50.8 Å². The molecule has 1 aliphatic rings. The molecular formula is C19H32N4O. The molecule has 5 nitrogen and oxygen atoms in total. The third kappa shape index (κ3) is 6.49. The van der Waals surface area contributed by atoms with Crippen molar-refractivity contribution in [2.24, 2.45) is 10.9 Å². The van der Waals surface area contributed by atoms with E-state index >= 15 is 0 Å². The lowest BCUT2D eigenvalue weighted by Crippen LogP contribution is -2.38. The topological polar surface area (TPSA) is 48.9 Å². The highest BCUT2D eigenvalue weighted by molar-refractivity contribution is 5.79. The summed E-state index contributed by atoms with van der Waals surface area (Å²) >= 11 is 0. The van der Waals surface area contributed by atoms with E-state index in [-0.39, 0.29) is 0 Å². The maximum atomic E-state index is 5.44. The SMILES string of the molecule is CN=C(NCCC(C)C)NCc1ccccc1CN1CCOCC1. The minimum absolute atomic E-state index is 0.699. The highest BCUT2D eigenvalue weighted by Crippen LogP contribution is 2.13. The van der Waals surface area contributed by atoms with E-state index < -0.39 is 0 Å². The Balaban J connectivity index is 1.86. The Kier molecular flexibility index (Phi) is 8.05. The van der Waals surface area contributed by atoms with Crippen molar-refractivity contribution in [2.45, 2.75) is 33.4 Å². The molecule has 2 N–H and O–H groups in total. The summed E-state index contributed by atoms with van der Waals surface area (Å²) in [5.41, 5.74) is 2.71. The van der Waals surface area contributed by atoms with Crippen LogP contribution in [0.4, 0.5) is 0 Å². The molecule has 1 heterocycles. The van der Waals surface area contributed by atoms with Crippen LogP contribution in [0.3, 0.4) is 0 Å². The Morgan fingerprint density at radius 3 is 2.54 bits per heavy atom. The number of aliphatic imine (C=N–C) groups is 1. The van der Waals surface area contributed by atoms with E-state index in [1.165, 1.54) is 11.1 Å². The van der Waals surface area contributed by atoms with Gasteiger partial charge in [-0.2, -0.15) is 0 Å². The molecule has 5 heteroatoms. The second-order valence-corrected chi connectivity index (χ2v) is 6.69. The van der Waals surface area contributed by atoms with Gasteiger partial charge in [-0.1, -0.05) is 38.1 Å². The normalized spacial score (nSPS) is 16.4. The van der Waals surface area contributed by atoms with Crippen LogP contribution in [0.1, 0.15) is 31.4 Å². The average Bonchev–Trinajstić information content (AvgIpc) is 2.59. The Morgan fingerprint density at radius 2 is 1.88 bits per heavy atom. The summed E-state index contributed by atoms with van der Waals surface area (Å²) in [5, 5.41) is 6.82. The van der Waals surface area contributed by atoms with Crippen LogP contribution >= 0.6 is 0 Å². The smallest absolute Gasteiger partial charge is 0.191 e. The summed E-state index contributed by atoms with van der Waals surface area (Å²) < 4.78 is 5.44. The van der Waals surface area contributed by atoms with Gasteiger partial charge in [-0.3, -0.25) is 9.89 Å². The number of nitrogens with zero attached hydrogens (tertiary/aromatic N) is 2. The fraction of sp³-hybridized carbons (Fsp3) is 0.632. The second kappa shape index (κ2) is 10.3. The number of benzene rings is 1. The van der Waals surface area contributed by atoms with Crippen molar-refractivity contribution in [1.82, 2.24) is 15.5 Å². The van der Waals surface area contributed by atoms with Gasteiger partial charge >= 0.3 is 0 Å². The van der Waals surface area contributed by atoms with Crippen molar-refractivity contribution >= 4 is 5.96 Å². The van der Waals surface area contributed by atoms with Gasteiger partial charge in [-0.25, -0.2) is 0 Å². The maximum absolute atomic E-state index is 5.44. The van der Waals surface area contributed by atoms with Gasteiger partial charge in [0.2, 0.25) is 0 Å². The summed E-state index contributed by atoms with van der Waals surface area (Å²) in [4.78, 5) is 6.77.